The Morgan fingerprint density at radius 2 is 2.20 bits per heavy atom. The molecule has 10 heavy (non-hydrogen) atoms. The van der Waals surface area contributed by atoms with E-state index in [1.165, 1.54) is 6.92 Å². The van der Waals surface area contributed by atoms with Gasteiger partial charge in [-0.25, -0.2) is 0 Å². The first-order valence-corrected chi connectivity index (χ1v) is 2.72. The molecule has 1 aromatic rings. The van der Waals surface area contributed by atoms with Crippen LogP contribution in [0.2, 0.25) is 0 Å². The van der Waals surface area contributed by atoms with Crippen molar-refractivity contribution >= 4 is 22.8 Å². The third-order valence-electron chi connectivity index (χ3n) is 1.03. The number of nitrogens with zero attached hydrogens (tertiary/aromatic N) is 1. The van der Waals surface area contributed by atoms with Gasteiger partial charge in [-0.15, -0.1) is 17.0 Å². The zero-order chi connectivity index (χ0) is 6.69. The second-order valence-electron chi connectivity index (χ2n) is 1.77. The van der Waals surface area contributed by atoms with E-state index in [4.69, 9.17) is 0 Å². The molecule has 0 saturated carbocycles. The van der Waals surface area contributed by atoms with Gasteiger partial charge in [0.25, 0.3) is 0 Å². The number of hydrogen-bond donors (Lipinski definition) is 0. The molecule has 3 heteroatoms. The minimum Gasteiger partial charge on any atom is -0.293 e. The average molecular weight is 202 g/mol. The van der Waals surface area contributed by atoms with Gasteiger partial charge in [0.05, 0.1) is 0 Å². The van der Waals surface area contributed by atoms with Gasteiger partial charge in [-0.05, 0) is 12.1 Å². The zero-order valence-corrected chi connectivity index (χ0v) is 7.29. The molecule has 0 aliphatic rings. The van der Waals surface area contributed by atoms with Gasteiger partial charge in [0, 0.05) is 13.1 Å². The Bertz CT molecular complexity index is 210. The Balaban J connectivity index is 0.000000810. The van der Waals surface area contributed by atoms with Crippen LogP contribution in [0.4, 0.5) is 0 Å². The lowest BCUT2D eigenvalue weighted by Crippen LogP contribution is -1.93. The Labute approximate surface area is 70.1 Å². The van der Waals surface area contributed by atoms with Crippen LogP contribution in [0.25, 0.3) is 0 Å². The van der Waals surface area contributed by atoms with E-state index in [0.717, 1.165) is 0 Å². The van der Waals surface area contributed by atoms with E-state index in [9.17, 15) is 4.79 Å². The Morgan fingerprint density at radius 3 is 2.50 bits per heavy atom. The first-order valence-electron chi connectivity index (χ1n) is 2.72. The molecule has 0 unspecified atom stereocenters. The fourth-order valence-electron chi connectivity index (χ4n) is 0.571. The molecule has 1 rings (SSSR count). The third kappa shape index (κ3) is 2.27. The van der Waals surface area contributed by atoms with E-state index in [1.807, 2.05) is 0 Å². The van der Waals surface area contributed by atoms with Crippen molar-refractivity contribution in [2.24, 2.45) is 0 Å². The summed E-state index contributed by atoms with van der Waals surface area (Å²) in [5.41, 5.74) is 0.525. The highest BCUT2D eigenvalue weighted by Gasteiger charge is 1.94. The van der Waals surface area contributed by atoms with Crippen molar-refractivity contribution in [2.45, 2.75) is 6.92 Å². The van der Waals surface area contributed by atoms with Crippen LogP contribution in [0.1, 0.15) is 17.4 Å². The maximum atomic E-state index is 10.6. The molecule has 0 aliphatic heterocycles. The first kappa shape index (κ1) is 9.30. The molecule has 0 aliphatic carbocycles. The van der Waals surface area contributed by atoms with Crippen molar-refractivity contribution < 1.29 is 4.79 Å². The number of Topliss-reactive ketones (excluding diaryl/α,β-unsaturated/α-hetero) is 1. The van der Waals surface area contributed by atoms with Crippen LogP contribution in [0, 0.1) is 0 Å². The minimum atomic E-state index is 0. The molecule has 0 bridgehead atoms. The topological polar surface area (TPSA) is 30.0 Å². The van der Waals surface area contributed by atoms with Crippen LogP contribution in [0.15, 0.2) is 24.4 Å². The molecular weight excluding hydrogens is 194 g/mol. The number of carbonyl (C=O) groups is 1. The van der Waals surface area contributed by atoms with Gasteiger partial charge in [-0.1, -0.05) is 6.07 Å². The minimum absolute atomic E-state index is 0. The molecule has 0 radical (unpaired) electrons. The number of rotatable bonds is 1. The third-order valence-corrected chi connectivity index (χ3v) is 1.03. The van der Waals surface area contributed by atoms with E-state index in [1.54, 1.807) is 24.4 Å². The molecule has 0 fully saturated rings. The standard InChI is InChI=1S/C7H7NO.BrH/c1-6(9)7-4-2-3-5-8-7;/h2-5H,1H3;1H. The number of hydrogen-bond acceptors (Lipinski definition) is 2. The van der Waals surface area contributed by atoms with Crippen molar-refractivity contribution in [1.29, 1.82) is 0 Å². The SMILES string of the molecule is Br.CC(=O)c1ccccn1. The fraction of sp³-hybridized carbons (Fsp3) is 0.143. The first-order chi connectivity index (χ1) is 4.30. The van der Waals surface area contributed by atoms with E-state index in [2.05, 4.69) is 4.98 Å². The number of aromatic nitrogens is 1. The van der Waals surface area contributed by atoms with E-state index >= 15 is 0 Å². The molecule has 0 aromatic carbocycles. The lowest BCUT2D eigenvalue weighted by atomic mass is 10.3. The molecule has 54 valence electrons. The van der Waals surface area contributed by atoms with Crippen LogP contribution in [-0.2, 0) is 0 Å². The summed E-state index contributed by atoms with van der Waals surface area (Å²) in [4.78, 5) is 14.4. The van der Waals surface area contributed by atoms with E-state index in [-0.39, 0.29) is 22.8 Å². The number of pyridine rings is 1. The molecular formula is C7H8BrNO. The Morgan fingerprint density at radius 1 is 1.50 bits per heavy atom. The summed E-state index contributed by atoms with van der Waals surface area (Å²) in [7, 11) is 0. The molecule has 0 spiro atoms. The fourth-order valence-corrected chi connectivity index (χ4v) is 0.571. The monoisotopic (exact) mass is 201 g/mol. The predicted molar refractivity (Wildman–Crippen MR) is 44.6 cm³/mol. The number of carbonyl (C=O) groups excluding carboxylic acids is 1. The van der Waals surface area contributed by atoms with Crippen molar-refractivity contribution in [3.63, 3.8) is 0 Å². The molecule has 2 nitrogen and oxygen atoms in total. The van der Waals surface area contributed by atoms with Crippen LogP contribution in [0.5, 0.6) is 0 Å². The number of ketones is 1. The van der Waals surface area contributed by atoms with Gasteiger partial charge in [-0.2, -0.15) is 0 Å². The highest BCUT2D eigenvalue weighted by Crippen LogP contribution is 1.92. The zero-order valence-electron chi connectivity index (χ0n) is 5.57. The summed E-state index contributed by atoms with van der Waals surface area (Å²) in [6, 6.07) is 5.28. The van der Waals surface area contributed by atoms with Crippen LogP contribution in [0.3, 0.4) is 0 Å². The van der Waals surface area contributed by atoms with Gasteiger partial charge >= 0.3 is 0 Å². The smallest absolute Gasteiger partial charge is 0.178 e. The summed E-state index contributed by atoms with van der Waals surface area (Å²) in [5.74, 6) is 0.00981. The maximum Gasteiger partial charge on any atom is 0.178 e. The Kier molecular flexibility index (Phi) is 3.88. The molecule has 1 heterocycles. The largest absolute Gasteiger partial charge is 0.293 e. The van der Waals surface area contributed by atoms with Crippen molar-refractivity contribution in [3.8, 4) is 0 Å². The molecule has 0 N–H and O–H groups in total. The lowest BCUT2D eigenvalue weighted by Gasteiger charge is -1.88. The van der Waals surface area contributed by atoms with Gasteiger partial charge in [0.1, 0.15) is 5.69 Å². The van der Waals surface area contributed by atoms with Gasteiger partial charge in [0.2, 0.25) is 0 Å². The van der Waals surface area contributed by atoms with E-state index in [0.29, 0.717) is 5.69 Å². The van der Waals surface area contributed by atoms with Crippen LogP contribution >= 0.6 is 17.0 Å². The van der Waals surface area contributed by atoms with Gasteiger partial charge in [0.15, 0.2) is 5.78 Å². The molecule has 0 amide bonds. The van der Waals surface area contributed by atoms with Crippen molar-refractivity contribution in [2.75, 3.05) is 0 Å². The van der Waals surface area contributed by atoms with Crippen molar-refractivity contribution in [1.82, 2.24) is 4.98 Å². The van der Waals surface area contributed by atoms with E-state index < -0.39 is 0 Å². The van der Waals surface area contributed by atoms with Crippen LogP contribution in [-0.4, -0.2) is 10.8 Å². The molecule has 1 aromatic heterocycles. The summed E-state index contributed by atoms with van der Waals surface area (Å²) in [5, 5.41) is 0. The van der Waals surface area contributed by atoms with Gasteiger partial charge < -0.3 is 0 Å². The normalized spacial score (nSPS) is 8.10. The highest BCUT2D eigenvalue weighted by atomic mass is 79.9. The lowest BCUT2D eigenvalue weighted by molar-refractivity contribution is 0.101. The average Bonchev–Trinajstić information content (AvgIpc) is 1.90. The number of halogens is 1. The summed E-state index contributed by atoms with van der Waals surface area (Å²) < 4.78 is 0. The highest BCUT2D eigenvalue weighted by molar-refractivity contribution is 8.93. The van der Waals surface area contributed by atoms with Crippen LogP contribution < -0.4 is 0 Å². The summed E-state index contributed by atoms with van der Waals surface area (Å²) >= 11 is 0. The molecule has 0 atom stereocenters. The summed E-state index contributed by atoms with van der Waals surface area (Å²) in [6.45, 7) is 1.50. The quantitative estimate of drug-likeness (QED) is 0.650. The summed E-state index contributed by atoms with van der Waals surface area (Å²) in [6.07, 6.45) is 1.61. The predicted octanol–water partition coefficient (Wildman–Crippen LogP) is 1.86. The van der Waals surface area contributed by atoms with Crippen molar-refractivity contribution in [3.05, 3.63) is 30.1 Å². The maximum absolute atomic E-state index is 10.6. The van der Waals surface area contributed by atoms with Gasteiger partial charge in [-0.3, -0.25) is 9.78 Å². The second kappa shape index (κ2) is 4.17. The molecule has 0 saturated heterocycles. The second-order valence-corrected chi connectivity index (χ2v) is 1.77. The Hall–Kier alpha value is -0.700.